The van der Waals surface area contributed by atoms with Gasteiger partial charge in [-0.3, -0.25) is 9.59 Å². The van der Waals surface area contributed by atoms with E-state index in [1.54, 1.807) is 7.11 Å². The van der Waals surface area contributed by atoms with Crippen molar-refractivity contribution in [3.8, 4) is 5.75 Å². The van der Waals surface area contributed by atoms with Crippen LogP contribution < -0.4 is 10.1 Å². The van der Waals surface area contributed by atoms with Crippen molar-refractivity contribution in [1.29, 1.82) is 0 Å². The molecule has 27 heavy (non-hydrogen) atoms. The number of fused-ring (bicyclic) bond motifs is 1. The van der Waals surface area contributed by atoms with E-state index in [9.17, 15) is 14.7 Å². The molecule has 0 spiro atoms. The lowest BCUT2D eigenvalue weighted by Gasteiger charge is -2.36. The number of nitrogens with one attached hydrogen (secondary N) is 1. The summed E-state index contributed by atoms with van der Waals surface area (Å²) in [6, 6.07) is 7.90. The van der Waals surface area contributed by atoms with Crippen LogP contribution in [0.1, 0.15) is 44.9 Å². The number of hydrogen-bond donors (Lipinski definition) is 2. The highest BCUT2D eigenvalue weighted by molar-refractivity contribution is 5.82. The van der Waals surface area contributed by atoms with Crippen molar-refractivity contribution in [1.82, 2.24) is 9.88 Å². The first kappa shape index (κ1) is 19.3. The van der Waals surface area contributed by atoms with Gasteiger partial charge < -0.3 is 19.7 Å². The van der Waals surface area contributed by atoms with Gasteiger partial charge in [-0.15, -0.1) is 0 Å². The number of carbonyl (C=O) groups excluding carboxylic acids is 1. The maximum Gasteiger partial charge on any atom is 0.303 e. The molecular formula is C21H28N2O4. The third-order valence-electron chi connectivity index (χ3n) is 5.66. The van der Waals surface area contributed by atoms with Crippen LogP contribution >= 0.6 is 0 Å². The number of carbonyl (C=O) groups is 2. The number of benzene rings is 1. The molecule has 1 aliphatic carbocycles. The summed E-state index contributed by atoms with van der Waals surface area (Å²) in [5, 5.41) is 13.3. The van der Waals surface area contributed by atoms with Gasteiger partial charge in [0, 0.05) is 36.6 Å². The van der Waals surface area contributed by atoms with Gasteiger partial charge >= 0.3 is 5.97 Å². The molecule has 0 bridgehead atoms. The summed E-state index contributed by atoms with van der Waals surface area (Å²) in [6.45, 7) is 1.05. The Balaban J connectivity index is 1.55. The predicted octanol–water partition coefficient (Wildman–Crippen LogP) is 3.58. The van der Waals surface area contributed by atoms with Gasteiger partial charge in [-0.05, 0) is 42.5 Å². The molecule has 1 aromatic carbocycles. The number of aryl methyl sites for hydroxylation is 1. The van der Waals surface area contributed by atoms with Crippen molar-refractivity contribution in [2.24, 2.45) is 5.41 Å². The van der Waals surface area contributed by atoms with E-state index < -0.39 is 5.97 Å². The van der Waals surface area contributed by atoms with Crippen molar-refractivity contribution in [2.75, 3.05) is 13.7 Å². The van der Waals surface area contributed by atoms with Crippen LogP contribution in [0.2, 0.25) is 0 Å². The highest BCUT2D eigenvalue weighted by Crippen LogP contribution is 2.38. The van der Waals surface area contributed by atoms with E-state index in [4.69, 9.17) is 4.74 Å². The number of carboxylic acid groups (broad SMARTS) is 1. The minimum absolute atomic E-state index is 0.0271. The summed E-state index contributed by atoms with van der Waals surface area (Å²) >= 11 is 0. The molecule has 1 aliphatic rings. The number of methoxy groups -OCH3 is 1. The molecule has 6 nitrogen and oxygen atoms in total. The van der Waals surface area contributed by atoms with Gasteiger partial charge in [-0.2, -0.15) is 0 Å². The molecule has 0 atom stereocenters. The van der Waals surface area contributed by atoms with Crippen LogP contribution in [-0.2, 0) is 16.1 Å². The van der Waals surface area contributed by atoms with Crippen LogP contribution in [0.25, 0.3) is 10.9 Å². The van der Waals surface area contributed by atoms with Crippen LogP contribution in [-0.4, -0.2) is 35.2 Å². The molecule has 3 rings (SSSR count). The van der Waals surface area contributed by atoms with E-state index in [2.05, 4.69) is 9.88 Å². The Morgan fingerprint density at radius 2 is 2.00 bits per heavy atom. The SMILES string of the molecule is COc1ccc2c(ccn2CCC(=O)NCC2(CC(=O)O)CCCCC2)c1. The molecule has 2 N–H and O–H groups in total. The van der Waals surface area contributed by atoms with E-state index >= 15 is 0 Å². The number of carboxylic acids is 1. The Morgan fingerprint density at radius 1 is 1.22 bits per heavy atom. The summed E-state index contributed by atoms with van der Waals surface area (Å²) in [7, 11) is 1.64. The van der Waals surface area contributed by atoms with Crippen molar-refractivity contribution >= 4 is 22.8 Å². The van der Waals surface area contributed by atoms with Gasteiger partial charge in [-0.1, -0.05) is 19.3 Å². The van der Waals surface area contributed by atoms with Crippen molar-refractivity contribution in [3.05, 3.63) is 30.5 Å². The Bertz CT molecular complexity index is 806. The fourth-order valence-electron chi connectivity index (χ4n) is 4.14. The van der Waals surface area contributed by atoms with Gasteiger partial charge in [0.1, 0.15) is 5.75 Å². The van der Waals surface area contributed by atoms with Crippen LogP contribution in [0.5, 0.6) is 5.75 Å². The number of amides is 1. The molecule has 0 radical (unpaired) electrons. The quantitative estimate of drug-likeness (QED) is 0.742. The largest absolute Gasteiger partial charge is 0.497 e. The fourth-order valence-corrected chi connectivity index (χ4v) is 4.14. The minimum atomic E-state index is -0.777. The predicted molar refractivity (Wildman–Crippen MR) is 104 cm³/mol. The van der Waals surface area contributed by atoms with E-state index in [1.165, 1.54) is 0 Å². The Hall–Kier alpha value is -2.50. The van der Waals surface area contributed by atoms with E-state index in [0.29, 0.717) is 19.5 Å². The minimum Gasteiger partial charge on any atom is -0.497 e. The number of hydrogen-bond acceptors (Lipinski definition) is 3. The van der Waals surface area contributed by atoms with Crippen LogP contribution in [0.15, 0.2) is 30.5 Å². The lowest BCUT2D eigenvalue weighted by Crippen LogP contribution is -2.40. The van der Waals surface area contributed by atoms with Crippen LogP contribution in [0, 0.1) is 5.41 Å². The maximum absolute atomic E-state index is 12.4. The summed E-state index contributed by atoms with van der Waals surface area (Å²) in [5.74, 6) is 0.00953. The molecule has 1 fully saturated rings. The molecule has 6 heteroatoms. The van der Waals surface area contributed by atoms with E-state index in [0.717, 1.165) is 48.8 Å². The summed E-state index contributed by atoms with van der Waals surface area (Å²) < 4.78 is 7.30. The number of ether oxygens (including phenoxy) is 1. The Kier molecular flexibility index (Phi) is 6.04. The van der Waals surface area contributed by atoms with E-state index in [1.807, 2.05) is 30.5 Å². The van der Waals surface area contributed by atoms with Gasteiger partial charge in [-0.25, -0.2) is 0 Å². The molecule has 1 saturated carbocycles. The first-order valence-corrected chi connectivity index (χ1v) is 9.63. The molecular weight excluding hydrogens is 344 g/mol. The average molecular weight is 372 g/mol. The normalized spacial score (nSPS) is 16.2. The first-order valence-electron chi connectivity index (χ1n) is 9.63. The first-order chi connectivity index (χ1) is 13.0. The maximum atomic E-state index is 12.4. The number of nitrogens with zero attached hydrogens (tertiary/aromatic N) is 1. The molecule has 2 aromatic rings. The zero-order chi connectivity index (χ0) is 19.3. The Morgan fingerprint density at radius 3 is 2.70 bits per heavy atom. The standard InChI is InChI=1S/C21H28N2O4/c1-27-17-5-6-18-16(13-17)7-11-23(18)12-8-19(24)22-15-21(14-20(25)26)9-3-2-4-10-21/h5-7,11,13H,2-4,8-10,12,14-15H2,1H3,(H,22,24)(H,25,26). The van der Waals surface area contributed by atoms with Gasteiger partial charge in [0.15, 0.2) is 0 Å². The average Bonchev–Trinajstić information content (AvgIpc) is 3.07. The van der Waals surface area contributed by atoms with Crippen LogP contribution in [0.3, 0.4) is 0 Å². The number of aliphatic carboxylic acids is 1. The molecule has 0 saturated heterocycles. The highest BCUT2D eigenvalue weighted by Gasteiger charge is 2.34. The third-order valence-corrected chi connectivity index (χ3v) is 5.66. The molecule has 1 heterocycles. The van der Waals surface area contributed by atoms with Crippen molar-refractivity contribution < 1.29 is 19.4 Å². The second-order valence-corrected chi connectivity index (χ2v) is 7.59. The van der Waals surface area contributed by atoms with Gasteiger partial charge in [0.25, 0.3) is 0 Å². The molecule has 1 amide bonds. The van der Waals surface area contributed by atoms with E-state index in [-0.39, 0.29) is 17.7 Å². The van der Waals surface area contributed by atoms with Crippen LogP contribution in [0.4, 0.5) is 0 Å². The molecule has 0 unspecified atom stereocenters. The lowest BCUT2D eigenvalue weighted by molar-refractivity contribution is -0.140. The Labute approximate surface area is 159 Å². The van der Waals surface area contributed by atoms with Crippen molar-refractivity contribution in [3.63, 3.8) is 0 Å². The topological polar surface area (TPSA) is 80.6 Å². The molecule has 146 valence electrons. The summed E-state index contributed by atoms with van der Waals surface area (Å²) in [5.41, 5.74) is 0.786. The van der Waals surface area contributed by atoms with Gasteiger partial charge in [0.2, 0.25) is 5.91 Å². The van der Waals surface area contributed by atoms with Crippen molar-refractivity contribution in [2.45, 2.75) is 51.5 Å². The lowest BCUT2D eigenvalue weighted by atomic mass is 9.71. The third kappa shape index (κ3) is 4.81. The highest BCUT2D eigenvalue weighted by atomic mass is 16.5. The fraction of sp³-hybridized carbons (Fsp3) is 0.524. The second-order valence-electron chi connectivity index (χ2n) is 7.59. The molecule has 1 aromatic heterocycles. The van der Waals surface area contributed by atoms with Gasteiger partial charge in [0.05, 0.1) is 13.5 Å². The zero-order valence-corrected chi connectivity index (χ0v) is 15.9. The molecule has 0 aliphatic heterocycles. The summed E-state index contributed by atoms with van der Waals surface area (Å²) in [4.78, 5) is 23.6. The zero-order valence-electron chi connectivity index (χ0n) is 15.9. The monoisotopic (exact) mass is 372 g/mol. The summed E-state index contributed by atoms with van der Waals surface area (Å²) in [6.07, 6.45) is 7.48. The number of aromatic nitrogens is 1. The second kappa shape index (κ2) is 8.46. The smallest absolute Gasteiger partial charge is 0.303 e. The number of rotatable bonds is 8.